The van der Waals surface area contributed by atoms with Gasteiger partial charge in [0.25, 0.3) is 10.0 Å². The van der Waals surface area contributed by atoms with Crippen LogP contribution in [0.25, 0.3) is 11.0 Å². The van der Waals surface area contributed by atoms with E-state index >= 15 is 4.39 Å². The molecule has 0 aliphatic carbocycles. The number of fused-ring (bicyclic) bond motifs is 1. The number of nitrogens with one attached hydrogen (secondary N) is 3. The van der Waals surface area contributed by atoms with E-state index in [0.717, 1.165) is 23.8 Å². The Kier molecular flexibility index (Phi) is 8.83. The van der Waals surface area contributed by atoms with Gasteiger partial charge in [-0.05, 0) is 54.1 Å². The molecule has 0 saturated carbocycles. The van der Waals surface area contributed by atoms with E-state index in [2.05, 4.69) is 10.1 Å². The Hall–Kier alpha value is -5.28. The number of hydrogen-bond donors (Lipinski definition) is 3. The number of hydrogen-bond acceptors (Lipinski definition) is 9. The van der Waals surface area contributed by atoms with E-state index in [1.54, 1.807) is 23.9 Å². The molecule has 3 aromatic carbocycles. The van der Waals surface area contributed by atoms with Crippen LogP contribution in [0.4, 0.5) is 14.5 Å². The molecule has 12 nitrogen and oxygen atoms in total. The smallest absolute Gasteiger partial charge is 0.364 e. The van der Waals surface area contributed by atoms with Crippen LogP contribution in [0.15, 0.2) is 77.8 Å². The summed E-state index contributed by atoms with van der Waals surface area (Å²) in [7, 11) is -1.35. The third-order valence-electron chi connectivity index (χ3n) is 6.41. The molecule has 0 bridgehead atoms. The summed E-state index contributed by atoms with van der Waals surface area (Å²) in [5, 5.41) is 13.0. The van der Waals surface area contributed by atoms with E-state index in [1.165, 1.54) is 37.6 Å². The molecule has 5 rings (SSSR count). The summed E-state index contributed by atoms with van der Waals surface area (Å²) in [6.07, 6.45) is 1.20. The van der Waals surface area contributed by atoms with Crippen molar-refractivity contribution in [2.24, 2.45) is 0 Å². The molecular weight excluding hydrogens is 634 g/mol. The van der Waals surface area contributed by atoms with Crippen molar-refractivity contribution in [3.05, 3.63) is 106 Å². The number of benzene rings is 3. The van der Waals surface area contributed by atoms with Gasteiger partial charge in [0.05, 0.1) is 47.9 Å². The van der Waals surface area contributed by atoms with Gasteiger partial charge in [0.15, 0.2) is 17.3 Å². The molecule has 0 radical (unpaired) electrons. The van der Waals surface area contributed by atoms with Crippen LogP contribution in [0.5, 0.6) is 11.6 Å². The molecule has 16 heteroatoms. The largest absolute Gasteiger partial charge is 0.497 e. The number of rotatable bonds is 9. The van der Waals surface area contributed by atoms with Gasteiger partial charge in [0.2, 0.25) is 5.88 Å². The lowest BCUT2D eigenvalue weighted by atomic mass is 10.1. The molecule has 0 aliphatic rings. The van der Waals surface area contributed by atoms with Crippen LogP contribution in [0.3, 0.4) is 0 Å². The summed E-state index contributed by atoms with van der Waals surface area (Å²) in [5.74, 6) is -3.81. The average Bonchev–Trinajstić information content (AvgIpc) is 3.38. The first-order valence-corrected chi connectivity index (χ1v) is 14.7. The molecule has 0 atom stereocenters. The average molecular weight is 657 g/mol. The Labute approximate surface area is 260 Å². The lowest BCUT2D eigenvalue weighted by Gasteiger charge is -2.14. The molecule has 5 aromatic rings. The van der Waals surface area contributed by atoms with Gasteiger partial charge in [0.1, 0.15) is 11.6 Å². The van der Waals surface area contributed by atoms with Crippen molar-refractivity contribution in [1.29, 1.82) is 5.41 Å². The number of hydroxylamine groups is 1. The molecule has 2 heterocycles. The zero-order valence-electron chi connectivity index (χ0n) is 23.5. The Morgan fingerprint density at radius 2 is 1.80 bits per heavy atom. The summed E-state index contributed by atoms with van der Waals surface area (Å²) in [4.78, 5) is 21.7. The molecule has 232 valence electrons. The molecule has 0 spiro atoms. The van der Waals surface area contributed by atoms with Gasteiger partial charge in [-0.25, -0.2) is 31.7 Å². The standard InChI is InChI=1S/C29H23ClF2N6O6S/c1-42-19-8-6-16(7-9-19)15-38-27-21(28(35-38)43-2)12-17(14-34-27)29(39)44-36-26(33)24-22(31)10-11-23(25(24)32)37-45(40,41)20-5-3-4-18(30)13-20/h3-14,37H,15H2,1-2H3,(H2,33,36). The van der Waals surface area contributed by atoms with Gasteiger partial charge in [0, 0.05) is 11.2 Å². The highest BCUT2D eigenvalue weighted by atomic mass is 35.5. The number of ether oxygens (including phenoxy) is 2. The SMILES string of the molecule is COc1ccc(Cn2nc(OC)c3cc(C(=O)ONC(=N)c4c(F)ccc(NS(=O)(=O)c5cccc(Cl)c5)c4F)cnc32)cc1. The molecule has 0 unspecified atom stereocenters. The van der Waals surface area contributed by atoms with Crippen LogP contribution in [-0.4, -0.2) is 49.2 Å². The van der Waals surface area contributed by atoms with E-state index in [9.17, 15) is 17.6 Å². The van der Waals surface area contributed by atoms with Crippen molar-refractivity contribution in [3.8, 4) is 11.6 Å². The zero-order valence-corrected chi connectivity index (χ0v) is 25.0. The fourth-order valence-electron chi connectivity index (χ4n) is 4.21. The van der Waals surface area contributed by atoms with Crippen molar-refractivity contribution in [1.82, 2.24) is 20.2 Å². The molecule has 45 heavy (non-hydrogen) atoms. The number of amidine groups is 1. The third kappa shape index (κ3) is 6.63. The molecule has 2 aromatic heterocycles. The van der Waals surface area contributed by atoms with Crippen LogP contribution in [0, 0.1) is 17.0 Å². The Morgan fingerprint density at radius 1 is 1.04 bits per heavy atom. The van der Waals surface area contributed by atoms with Crippen LogP contribution < -0.4 is 19.7 Å². The molecule has 0 saturated heterocycles. The fraction of sp³-hybridized carbons (Fsp3) is 0.103. The first-order valence-electron chi connectivity index (χ1n) is 12.9. The van der Waals surface area contributed by atoms with E-state index in [4.69, 9.17) is 31.3 Å². The predicted octanol–water partition coefficient (Wildman–Crippen LogP) is 4.92. The van der Waals surface area contributed by atoms with Crippen molar-refractivity contribution >= 4 is 50.1 Å². The number of pyridine rings is 1. The second-order valence-electron chi connectivity index (χ2n) is 9.32. The van der Waals surface area contributed by atoms with E-state index in [1.807, 2.05) is 22.3 Å². The monoisotopic (exact) mass is 656 g/mol. The Balaban J connectivity index is 1.32. The Bertz CT molecular complexity index is 2040. The maximum Gasteiger partial charge on any atom is 0.364 e. The molecular formula is C29H23ClF2N6O6S. The number of nitrogens with zero attached hydrogens (tertiary/aromatic N) is 3. The van der Waals surface area contributed by atoms with Gasteiger partial charge < -0.3 is 14.3 Å². The van der Waals surface area contributed by atoms with Crippen LogP contribution >= 0.6 is 11.6 Å². The molecule has 0 aliphatic heterocycles. The van der Waals surface area contributed by atoms with Crippen molar-refractivity contribution in [2.75, 3.05) is 18.9 Å². The fourth-order valence-corrected chi connectivity index (χ4v) is 5.57. The molecule has 3 N–H and O–H groups in total. The van der Waals surface area contributed by atoms with Crippen LogP contribution in [-0.2, 0) is 21.4 Å². The quantitative estimate of drug-likeness (QED) is 0.114. The first-order chi connectivity index (χ1) is 21.5. The second-order valence-corrected chi connectivity index (χ2v) is 11.4. The van der Waals surface area contributed by atoms with Crippen molar-refractivity contribution in [3.63, 3.8) is 0 Å². The number of aromatic nitrogens is 3. The molecule has 0 fully saturated rings. The summed E-state index contributed by atoms with van der Waals surface area (Å²) < 4.78 is 69.4. The normalized spacial score (nSPS) is 11.2. The van der Waals surface area contributed by atoms with Gasteiger partial charge >= 0.3 is 5.97 Å². The van der Waals surface area contributed by atoms with Crippen LogP contribution in [0.2, 0.25) is 5.02 Å². The third-order valence-corrected chi connectivity index (χ3v) is 8.01. The number of halogens is 3. The highest BCUT2D eigenvalue weighted by Crippen LogP contribution is 2.27. The number of carbonyl (C=O) groups is 1. The van der Waals surface area contributed by atoms with E-state index < -0.39 is 44.7 Å². The zero-order chi connectivity index (χ0) is 32.3. The number of sulfonamides is 1. The predicted molar refractivity (Wildman–Crippen MR) is 160 cm³/mol. The number of methoxy groups -OCH3 is 2. The number of anilines is 1. The number of carbonyl (C=O) groups excluding carboxylic acids is 1. The summed E-state index contributed by atoms with van der Waals surface area (Å²) in [6, 6.07) is 15.5. The second kappa shape index (κ2) is 12.8. The lowest BCUT2D eigenvalue weighted by molar-refractivity contribution is 0.0385. The highest BCUT2D eigenvalue weighted by Gasteiger charge is 2.24. The topological polar surface area (TPSA) is 158 Å². The Morgan fingerprint density at radius 3 is 2.49 bits per heavy atom. The van der Waals surface area contributed by atoms with Crippen molar-refractivity contribution in [2.45, 2.75) is 11.4 Å². The molecule has 0 amide bonds. The summed E-state index contributed by atoms with van der Waals surface area (Å²) >= 11 is 5.85. The first kappa shape index (κ1) is 31.2. The van der Waals surface area contributed by atoms with Gasteiger partial charge in [-0.3, -0.25) is 10.1 Å². The maximum atomic E-state index is 15.3. The summed E-state index contributed by atoms with van der Waals surface area (Å²) in [6.45, 7) is 0.338. The minimum Gasteiger partial charge on any atom is -0.497 e. The summed E-state index contributed by atoms with van der Waals surface area (Å²) in [5.41, 5.74) is 1.48. The highest BCUT2D eigenvalue weighted by molar-refractivity contribution is 7.92. The van der Waals surface area contributed by atoms with Crippen molar-refractivity contribution < 1.29 is 36.3 Å². The minimum absolute atomic E-state index is 0.0888. The minimum atomic E-state index is -4.32. The van der Waals surface area contributed by atoms with Gasteiger partial charge in [-0.15, -0.1) is 5.10 Å². The van der Waals surface area contributed by atoms with Crippen LogP contribution in [0.1, 0.15) is 21.5 Å². The van der Waals surface area contributed by atoms with Gasteiger partial charge in [-0.2, -0.15) is 5.48 Å². The maximum absolute atomic E-state index is 15.3. The lowest BCUT2D eigenvalue weighted by Crippen LogP contribution is -2.29. The van der Waals surface area contributed by atoms with Gasteiger partial charge in [-0.1, -0.05) is 29.8 Å². The van der Waals surface area contributed by atoms with E-state index in [-0.39, 0.29) is 21.4 Å². The van der Waals surface area contributed by atoms with E-state index in [0.29, 0.717) is 23.3 Å².